The van der Waals surface area contributed by atoms with Gasteiger partial charge in [0.1, 0.15) is 12.4 Å². The summed E-state index contributed by atoms with van der Waals surface area (Å²) in [4.78, 5) is 0. The maximum atomic E-state index is 5.45. The third-order valence-electron chi connectivity index (χ3n) is 1.94. The molecule has 0 spiro atoms. The first-order valence-corrected chi connectivity index (χ1v) is 5.73. The van der Waals surface area contributed by atoms with Crippen molar-refractivity contribution in [2.45, 2.75) is 6.54 Å². The van der Waals surface area contributed by atoms with Gasteiger partial charge in [0.25, 0.3) is 0 Å². The molecule has 0 aliphatic carbocycles. The van der Waals surface area contributed by atoms with Crippen molar-refractivity contribution in [1.29, 1.82) is 0 Å². The van der Waals surface area contributed by atoms with Crippen LogP contribution in [0.2, 0.25) is 0 Å². The third-order valence-corrected chi connectivity index (χ3v) is 2.43. The van der Waals surface area contributed by atoms with Gasteiger partial charge in [-0.3, -0.25) is 0 Å². The van der Waals surface area contributed by atoms with E-state index in [9.17, 15) is 0 Å². The van der Waals surface area contributed by atoms with Gasteiger partial charge < -0.3 is 10.1 Å². The average Bonchev–Trinajstić information content (AvgIpc) is 2.28. The van der Waals surface area contributed by atoms with Crippen LogP contribution in [0.15, 0.2) is 35.3 Å². The number of ether oxygens (including phenoxy) is 1. The maximum Gasteiger partial charge on any atom is 0.148 e. The Labute approximate surface area is 105 Å². The third kappa shape index (κ3) is 4.09. The molecule has 0 aliphatic rings. The lowest BCUT2D eigenvalue weighted by atomic mass is 10.2. The number of hydrogen-bond acceptors (Lipinski definition) is 2. The summed E-state index contributed by atoms with van der Waals surface area (Å²) in [7, 11) is 0. The normalized spacial score (nSPS) is 9.50. The minimum atomic E-state index is 0.288. The van der Waals surface area contributed by atoms with E-state index < -0.39 is 0 Å². The molecule has 0 saturated carbocycles. The zero-order valence-electron chi connectivity index (χ0n) is 9.00. The van der Waals surface area contributed by atoms with E-state index in [1.54, 1.807) is 0 Å². The predicted molar refractivity (Wildman–Crippen MR) is 70.4 cm³/mol. The molecule has 0 amide bonds. The fourth-order valence-electron chi connectivity index (χ4n) is 1.26. The van der Waals surface area contributed by atoms with E-state index in [1.807, 2.05) is 24.3 Å². The molecule has 0 unspecified atom stereocenters. The Morgan fingerprint density at radius 3 is 3.06 bits per heavy atom. The second kappa shape index (κ2) is 7.10. The van der Waals surface area contributed by atoms with Crippen LogP contribution in [0.1, 0.15) is 5.56 Å². The lowest BCUT2D eigenvalue weighted by Gasteiger charge is -2.10. The molecular formula is C13H14BrNO. The van der Waals surface area contributed by atoms with Gasteiger partial charge in [0, 0.05) is 23.1 Å². The van der Waals surface area contributed by atoms with E-state index in [0.29, 0.717) is 0 Å². The number of nitrogens with one attached hydrogen (secondary N) is 1. The standard InChI is InChI=1S/C13H14BrNO/c1-3-7-15-10-11-9-12(14)5-6-13(11)16-8-4-2/h2-3,5-6,9,15H,1,7-8,10H2. The molecule has 84 valence electrons. The summed E-state index contributed by atoms with van der Waals surface area (Å²) in [6, 6.07) is 5.86. The smallest absolute Gasteiger partial charge is 0.148 e. The second-order valence-electron chi connectivity index (χ2n) is 3.16. The van der Waals surface area contributed by atoms with Gasteiger partial charge in [0.05, 0.1) is 0 Å². The summed E-state index contributed by atoms with van der Waals surface area (Å²) in [5.74, 6) is 3.27. The number of hydrogen-bond donors (Lipinski definition) is 1. The number of halogens is 1. The minimum Gasteiger partial charge on any atom is -0.481 e. The number of benzene rings is 1. The molecule has 0 saturated heterocycles. The summed E-state index contributed by atoms with van der Waals surface area (Å²) < 4.78 is 6.47. The zero-order valence-corrected chi connectivity index (χ0v) is 10.6. The SMILES string of the molecule is C#CCOc1ccc(Br)cc1CNCC=C. The van der Waals surface area contributed by atoms with E-state index in [1.165, 1.54) is 0 Å². The van der Waals surface area contributed by atoms with Crippen molar-refractivity contribution in [1.82, 2.24) is 5.32 Å². The highest BCUT2D eigenvalue weighted by molar-refractivity contribution is 9.10. The van der Waals surface area contributed by atoms with Crippen LogP contribution in [0.25, 0.3) is 0 Å². The molecular weight excluding hydrogens is 266 g/mol. The summed E-state index contributed by atoms with van der Waals surface area (Å²) in [5, 5.41) is 3.22. The molecule has 1 aromatic carbocycles. The van der Waals surface area contributed by atoms with Crippen molar-refractivity contribution in [3.63, 3.8) is 0 Å². The van der Waals surface area contributed by atoms with Gasteiger partial charge in [-0.25, -0.2) is 0 Å². The molecule has 0 bridgehead atoms. The van der Waals surface area contributed by atoms with Crippen LogP contribution in [0, 0.1) is 12.3 Å². The van der Waals surface area contributed by atoms with Crippen molar-refractivity contribution < 1.29 is 4.74 Å². The van der Waals surface area contributed by atoms with Crippen LogP contribution in [0.5, 0.6) is 5.75 Å². The summed E-state index contributed by atoms with van der Waals surface area (Å²) in [6.45, 7) is 5.43. The van der Waals surface area contributed by atoms with Gasteiger partial charge >= 0.3 is 0 Å². The molecule has 16 heavy (non-hydrogen) atoms. The first-order chi connectivity index (χ1) is 7.77. The van der Waals surface area contributed by atoms with E-state index in [2.05, 4.69) is 33.7 Å². The number of terminal acetylenes is 1. The highest BCUT2D eigenvalue weighted by Crippen LogP contribution is 2.23. The Kier molecular flexibility index (Phi) is 5.69. The topological polar surface area (TPSA) is 21.3 Å². The van der Waals surface area contributed by atoms with E-state index in [-0.39, 0.29) is 6.61 Å². The lowest BCUT2D eigenvalue weighted by Crippen LogP contribution is -2.13. The second-order valence-corrected chi connectivity index (χ2v) is 4.08. The van der Waals surface area contributed by atoms with Crippen LogP contribution < -0.4 is 10.1 Å². The Morgan fingerprint density at radius 2 is 2.38 bits per heavy atom. The van der Waals surface area contributed by atoms with Crippen LogP contribution >= 0.6 is 15.9 Å². The minimum absolute atomic E-state index is 0.288. The maximum absolute atomic E-state index is 5.45. The van der Waals surface area contributed by atoms with Gasteiger partial charge in [-0.05, 0) is 18.2 Å². The fourth-order valence-corrected chi connectivity index (χ4v) is 1.66. The first-order valence-electron chi connectivity index (χ1n) is 4.94. The van der Waals surface area contributed by atoms with Gasteiger partial charge in [-0.2, -0.15) is 0 Å². The Balaban J connectivity index is 2.73. The van der Waals surface area contributed by atoms with Crippen molar-refractivity contribution in [2.75, 3.05) is 13.2 Å². The Bertz CT molecular complexity index is 395. The summed E-state index contributed by atoms with van der Waals surface area (Å²) in [5.41, 5.74) is 1.08. The summed E-state index contributed by atoms with van der Waals surface area (Å²) in [6.07, 6.45) is 6.98. The molecule has 0 aromatic heterocycles. The molecule has 0 fully saturated rings. The van der Waals surface area contributed by atoms with E-state index >= 15 is 0 Å². The van der Waals surface area contributed by atoms with Crippen LogP contribution in [-0.4, -0.2) is 13.2 Å². The monoisotopic (exact) mass is 279 g/mol. The quantitative estimate of drug-likeness (QED) is 0.491. The van der Waals surface area contributed by atoms with Crippen molar-refractivity contribution in [3.8, 4) is 18.1 Å². The molecule has 0 aliphatic heterocycles. The average molecular weight is 280 g/mol. The van der Waals surface area contributed by atoms with Gasteiger partial charge in [-0.1, -0.05) is 27.9 Å². The van der Waals surface area contributed by atoms with Gasteiger partial charge in [0.2, 0.25) is 0 Å². The van der Waals surface area contributed by atoms with Gasteiger partial charge in [-0.15, -0.1) is 13.0 Å². The molecule has 1 aromatic rings. The lowest BCUT2D eigenvalue weighted by molar-refractivity contribution is 0.365. The zero-order chi connectivity index (χ0) is 11.8. The first kappa shape index (κ1) is 12.8. The predicted octanol–water partition coefficient (Wildman–Crippen LogP) is 2.74. The molecule has 2 nitrogen and oxygen atoms in total. The van der Waals surface area contributed by atoms with Crippen LogP contribution in [0.3, 0.4) is 0 Å². The molecule has 0 atom stereocenters. The van der Waals surface area contributed by atoms with E-state index in [4.69, 9.17) is 11.2 Å². The fraction of sp³-hybridized carbons (Fsp3) is 0.231. The molecule has 1 rings (SSSR count). The van der Waals surface area contributed by atoms with Crippen LogP contribution in [-0.2, 0) is 6.54 Å². The largest absolute Gasteiger partial charge is 0.481 e. The summed E-state index contributed by atoms with van der Waals surface area (Å²) >= 11 is 3.43. The van der Waals surface area contributed by atoms with Crippen molar-refractivity contribution in [2.24, 2.45) is 0 Å². The van der Waals surface area contributed by atoms with Crippen molar-refractivity contribution >= 4 is 15.9 Å². The molecule has 0 heterocycles. The molecule has 1 N–H and O–H groups in total. The Hall–Kier alpha value is -1.24. The molecule has 3 heteroatoms. The van der Waals surface area contributed by atoms with Crippen LogP contribution in [0.4, 0.5) is 0 Å². The Morgan fingerprint density at radius 1 is 1.56 bits per heavy atom. The van der Waals surface area contributed by atoms with Crippen molar-refractivity contribution in [3.05, 3.63) is 40.9 Å². The molecule has 0 radical (unpaired) electrons. The van der Waals surface area contributed by atoms with Gasteiger partial charge in [0.15, 0.2) is 0 Å². The van der Waals surface area contributed by atoms with E-state index in [0.717, 1.165) is 28.9 Å². The number of rotatable bonds is 6. The highest BCUT2D eigenvalue weighted by atomic mass is 79.9. The highest BCUT2D eigenvalue weighted by Gasteiger charge is 2.03.